The number of hydrogen-bond acceptors (Lipinski definition) is 2. The molecule has 1 saturated carbocycles. The van der Waals surface area contributed by atoms with Gasteiger partial charge in [0.05, 0.1) is 5.41 Å². The second kappa shape index (κ2) is 7.08. The highest BCUT2D eigenvalue weighted by Crippen LogP contribution is 2.39. The summed E-state index contributed by atoms with van der Waals surface area (Å²) in [6.07, 6.45) is 4.11. The van der Waals surface area contributed by atoms with Crippen molar-refractivity contribution >= 4 is 5.91 Å². The minimum Gasteiger partial charge on any atom is -0.338 e. The van der Waals surface area contributed by atoms with Crippen LogP contribution in [0.1, 0.15) is 45.1 Å². The van der Waals surface area contributed by atoms with Crippen molar-refractivity contribution in [3.63, 3.8) is 0 Å². The first kappa shape index (κ1) is 16.0. The second-order valence-corrected chi connectivity index (χ2v) is 6.47. The molecule has 0 saturated heterocycles. The van der Waals surface area contributed by atoms with E-state index in [-0.39, 0.29) is 11.3 Å². The van der Waals surface area contributed by atoms with E-state index in [2.05, 4.69) is 26.0 Å². The SMILES string of the molecule is CCN(Cc1ccccc1)C(=O)C1(CN)CCC(C)CC1. The van der Waals surface area contributed by atoms with Crippen LogP contribution in [0.25, 0.3) is 0 Å². The van der Waals surface area contributed by atoms with E-state index < -0.39 is 0 Å². The lowest BCUT2D eigenvalue weighted by molar-refractivity contribution is -0.144. The summed E-state index contributed by atoms with van der Waals surface area (Å²) in [5, 5.41) is 0. The molecule has 1 aliphatic rings. The van der Waals surface area contributed by atoms with E-state index in [0.29, 0.717) is 13.1 Å². The average molecular weight is 288 g/mol. The molecule has 0 aliphatic heterocycles. The van der Waals surface area contributed by atoms with E-state index >= 15 is 0 Å². The fourth-order valence-corrected chi connectivity index (χ4v) is 3.29. The molecule has 2 rings (SSSR count). The van der Waals surface area contributed by atoms with Gasteiger partial charge in [-0.3, -0.25) is 4.79 Å². The monoisotopic (exact) mass is 288 g/mol. The van der Waals surface area contributed by atoms with Gasteiger partial charge in [0, 0.05) is 19.6 Å². The normalized spacial score (nSPS) is 25.6. The summed E-state index contributed by atoms with van der Waals surface area (Å²) in [7, 11) is 0. The molecule has 0 radical (unpaired) electrons. The molecule has 3 nitrogen and oxygen atoms in total. The third kappa shape index (κ3) is 3.65. The first-order valence-electron chi connectivity index (χ1n) is 8.14. The highest BCUT2D eigenvalue weighted by Gasteiger charge is 2.41. The van der Waals surface area contributed by atoms with Crippen molar-refractivity contribution < 1.29 is 4.79 Å². The zero-order valence-corrected chi connectivity index (χ0v) is 13.3. The molecule has 21 heavy (non-hydrogen) atoms. The quantitative estimate of drug-likeness (QED) is 0.904. The Kier molecular flexibility index (Phi) is 5.40. The number of carbonyl (C=O) groups excluding carboxylic acids is 1. The molecule has 2 N–H and O–H groups in total. The Morgan fingerprint density at radius 3 is 2.43 bits per heavy atom. The maximum atomic E-state index is 13.0. The summed E-state index contributed by atoms with van der Waals surface area (Å²) in [6, 6.07) is 10.2. The van der Waals surface area contributed by atoms with Gasteiger partial charge in [0.2, 0.25) is 5.91 Å². The largest absolute Gasteiger partial charge is 0.338 e. The Morgan fingerprint density at radius 1 is 1.29 bits per heavy atom. The van der Waals surface area contributed by atoms with Crippen LogP contribution in [0.15, 0.2) is 30.3 Å². The average Bonchev–Trinajstić information content (AvgIpc) is 2.54. The fraction of sp³-hybridized carbons (Fsp3) is 0.611. The van der Waals surface area contributed by atoms with Crippen molar-refractivity contribution in [2.45, 2.75) is 46.1 Å². The van der Waals surface area contributed by atoms with E-state index in [9.17, 15) is 4.79 Å². The van der Waals surface area contributed by atoms with Gasteiger partial charge in [0.25, 0.3) is 0 Å². The highest BCUT2D eigenvalue weighted by molar-refractivity contribution is 5.83. The first-order valence-corrected chi connectivity index (χ1v) is 8.14. The van der Waals surface area contributed by atoms with Crippen LogP contribution in [0, 0.1) is 11.3 Å². The minimum absolute atomic E-state index is 0.253. The van der Waals surface area contributed by atoms with Crippen LogP contribution in [-0.4, -0.2) is 23.9 Å². The fourth-order valence-electron chi connectivity index (χ4n) is 3.29. The van der Waals surface area contributed by atoms with Gasteiger partial charge in [-0.1, -0.05) is 37.3 Å². The summed E-state index contributed by atoms with van der Waals surface area (Å²) in [4.78, 5) is 15.0. The number of hydrogen-bond donors (Lipinski definition) is 1. The lowest BCUT2D eigenvalue weighted by Gasteiger charge is -2.40. The summed E-state index contributed by atoms with van der Waals surface area (Å²) < 4.78 is 0. The van der Waals surface area contributed by atoms with Gasteiger partial charge in [-0.2, -0.15) is 0 Å². The topological polar surface area (TPSA) is 46.3 Å². The zero-order chi connectivity index (χ0) is 15.3. The molecule has 0 spiro atoms. The molecule has 0 bridgehead atoms. The van der Waals surface area contributed by atoms with Gasteiger partial charge < -0.3 is 10.6 Å². The van der Waals surface area contributed by atoms with Gasteiger partial charge in [0.15, 0.2) is 0 Å². The van der Waals surface area contributed by atoms with E-state index in [1.807, 2.05) is 23.1 Å². The molecule has 1 aliphatic carbocycles. The van der Waals surface area contributed by atoms with Crippen molar-refractivity contribution in [1.82, 2.24) is 4.90 Å². The Balaban J connectivity index is 2.11. The molecule has 1 amide bonds. The molecule has 0 aromatic heterocycles. The Labute approximate surface area is 128 Å². The van der Waals surface area contributed by atoms with Gasteiger partial charge in [-0.05, 0) is 44.1 Å². The number of benzene rings is 1. The number of carbonyl (C=O) groups is 1. The first-order chi connectivity index (χ1) is 10.1. The molecule has 0 heterocycles. The van der Waals surface area contributed by atoms with Gasteiger partial charge in [-0.25, -0.2) is 0 Å². The van der Waals surface area contributed by atoms with Crippen molar-refractivity contribution in [3.8, 4) is 0 Å². The number of amides is 1. The zero-order valence-electron chi connectivity index (χ0n) is 13.3. The van der Waals surface area contributed by atoms with Crippen molar-refractivity contribution in [3.05, 3.63) is 35.9 Å². The number of nitrogens with zero attached hydrogens (tertiary/aromatic N) is 1. The Bertz CT molecular complexity index is 450. The molecule has 3 heteroatoms. The third-order valence-electron chi connectivity index (χ3n) is 4.96. The van der Waals surface area contributed by atoms with E-state index in [1.165, 1.54) is 5.56 Å². The van der Waals surface area contributed by atoms with Crippen LogP contribution in [0.3, 0.4) is 0 Å². The summed E-state index contributed by atoms with van der Waals surface area (Å²) in [6.45, 7) is 6.23. The van der Waals surface area contributed by atoms with Crippen LogP contribution in [-0.2, 0) is 11.3 Å². The van der Waals surface area contributed by atoms with E-state index in [1.54, 1.807) is 0 Å². The maximum Gasteiger partial charge on any atom is 0.230 e. The Hall–Kier alpha value is -1.35. The summed E-state index contributed by atoms with van der Waals surface area (Å²) in [5.41, 5.74) is 6.89. The Morgan fingerprint density at radius 2 is 1.90 bits per heavy atom. The smallest absolute Gasteiger partial charge is 0.230 e. The predicted octanol–water partition coefficient (Wildman–Crippen LogP) is 3.19. The van der Waals surface area contributed by atoms with E-state index in [4.69, 9.17) is 5.73 Å². The van der Waals surface area contributed by atoms with Crippen molar-refractivity contribution in [2.24, 2.45) is 17.1 Å². The van der Waals surface area contributed by atoms with Crippen LogP contribution in [0.2, 0.25) is 0 Å². The maximum absolute atomic E-state index is 13.0. The molecule has 1 aromatic carbocycles. The van der Waals surface area contributed by atoms with E-state index in [0.717, 1.165) is 38.1 Å². The van der Waals surface area contributed by atoms with Crippen molar-refractivity contribution in [2.75, 3.05) is 13.1 Å². The van der Waals surface area contributed by atoms with Crippen molar-refractivity contribution in [1.29, 1.82) is 0 Å². The second-order valence-electron chi connectivity index (χ2n) is 6.47. The molecular formula is C18H28N2O. The van der Waals surface area contributed by atoms with Crippen LogP contribution >= 0.6 is 0 Å². The summed E-state index contributed by atoms with van der Waals surface area (Å²) >= 11 is 0. The van der Waals surface area contributed by atoms with Crippen LogP contribution in [0.5, 0.6) is 0 Å². The molecule has 1 aromatic rings. The summed E-state index contributed by atoms with van der Waals surface area (Å²) in [5.74, 6) is 0.977. The highest BCUT2D eigenvalue weighted by atomic mass is 16.2. The lowest BCUT2D eigenvalue weighted by atomic mass is 9.70. The van der Waals surface area contributed by atoms with Crippen LogP contribution in [0.4, 0.5) is 0 Å². The van der Waals surface area contributed by atoms with Gasteiger partial charge in [0.1, 0.15) is 0 Å². The molecule has 116 valence electrons. The van der Waals surface area contributed by atoms with Crippen LogP contribution < -0.4 is 5.73 Å². The molecule has 1 fully saturated rings. The van der Waals surface area contributed by atoms with Gasteiger partial charge in [-0.15, -0.1) is 0 Å². The molecular weight excluding hydrogens is 260 g/mol. The standard InChI is InChI=1S/C18H28N2O/c1-3-20(13-16-7-5-4-6-8-16)17(21)18(14-19)11-9-15(2)10-12-18/h4-8,15H,3,9-14,19H2,1-2H3. The molecule has 0 unspecified atom stereocenters. The third-order valence-corrected chi connectivity index (χ3v) is 4.96. The predicted molar refractivity (Wildman–Crippen MR) is 86.7 cm³/mol. The molecule has 0 atom stereocenters. The number of rotatable bonds is 5. The van der Waals surface area contributed by atoms with Gasteiger partial charge >= 0.3 is 0 Å². The number of nitrogens with two attached hydrogens (primary N) is 1. The lowest BCUT2D eigenvalue weighted by Crippen LogP contribution is -2.49. The minimum atomic E-state index is -0.322.